The highest BCUT2D eigenvalue weighted by Crippen LogP contribution is 2.13. The zero-order chi connectivity index (χ0) is 10.8. The highest BCUT2D eigenvalue weighted by atomic mass is 35.5. The second kappa shape index (κ2) is 5.37. The van der Waals surface area contributed by atoms with Crippen LogP contribution in [-0.4, -0.2) is 36.5 Å². The van der Waals surface area contributed by atoms with Crippen LogP contribution in [0.4, 0.5) is 0 Å². The van der Waals surface area contributed by atoms with Gasteiger partial charge in [0, 0.05) is 31.2 Å². The Hall–Kier alpha value is -1.00. The number of piperazine rings is 1. The average molecular weight is 245 g/mol. The molecule has 1 atom stereocenters. The lowest BCUT2D eigenvalue weighted by molar-refractivity contribution is 0.0676. The van der Waals surface area contributed by atoms with E-state index in [2.05, 4.69) is 12.2 Å². The number of amides is 1. The molecule has 0 unspecified atom stereocenters. The first-order chi connectivity index (χ1) is 7.18. The van der Waals surface area contributed by atoms with Crippen LogP contribution in [-0.2, 0) is 0 Å². The van der Waals surface area contributed by atoms with Gasteiger partial charge < -0.3 is 14.6 Å². The number of nitrogens with zero attached hydrogens (tertiary/aromatic N) is 1. The molecule has 4 nitrogen and oxygen atoms in total. The van der Waals surface area contributed by atoms with Crippen molar-refractivity contribution in [2.24, 2.45) is 0 Å². The minimum Gasteiger partial charge on any atom is -0.459 e. The summed E-state index contributed by atoms with van der Waals surface area (Å²) >= 11 is 0. The van der Waals surface area contributed by atoms with Gasteiger partial charge in [0.2, 0.25) is 0 Å². The molecule has 1 amide bonds. The van der Waals surface area contributed by atoms with Crippen LogP contribution in [0.5, 0.6) is 0 Å². The number of nitrogens with one attached hydrogen (secondary N) is 1. The largest absolute Gasteiger partial charge is 0.459 e. The zero-order valence-electron chi connectivity index (χ0n) is 9.53. The van der Waals surface area contributed by atoms with Crippen molar-refractivity contribution >= 4 is 18.3 Å². The van der Waals surface area contributed by atoms with E-state index in [9.17, 15) is 4.79 Å². The Balaban J connectivity index is 0.00000128. The van der Waals surface area contributed by atoms with Crippen LogP contribution in [0.15, 0.2) is 16.7 Å². The van der Waals surface area contributed by atoms with Crippen molar-refractivity contribution in [1.29, 1.82) is 0 Å². The Morgan fingerprint density at radius 2 is 2.38 bits per heavy atom. The number of carbonyl (C=O) groups excluding carboxylic acids is 1. The minimum atomic E-state index is 0. The van der Waals surface area contributed by atoms with Crippen LogP contribution in [0, 0.1) is 6.92 Å². The summed E-state index contributed by atoms with van der Waals surface area (Å²) in [5, 5.41) is 3.30. The Morgan fingerprint density at radius 1 is 1.62 bits per heavy atom. The average Bonchev–Trinajstić information content (AvgIpc) is 2.63. The molecule has 1 saturated heterocycles. The van der Waals surface area contributed by atoms with E-state index in [4.69, 9.17) is 4.42 Å². The van der Waals surface area contributed by atoms with E-state index >= 15 is 0 Å². The third-order valence-electron chi connectivity index (χ3n) is 2.71. The van der Waals surface area contributed by atoms with Gasteiger partial charge >= 0.3 is 0 Å². The third-order valence-corrected chi connectivity index (χ3v) is 2.71. The molecule has 90 valence electrons. The predicted molar refractivity (Wildman–Crippen MR) is 64.1 cm³/mol. The van der Waals surface area contributed by atoms with Crippen molar-refractivity contribution in [3.05, 3.63) is 23.7 Å². The molecule has 1 aliphatic heterocycles. The quantitative estimate of drug-likeness (QED) is 0.813. The van der Waals surface area contributed by atoms with Gasteiger partial charge in [0.15, 0.2) is 5.76 Å². The molecular formula is C11H17ClN2O2. The summed E-state index contributed by atoms with van der Waals surface area (Å²) in [5.74, 6) is 0.481. The number of furan rings is 1. The van der Waals surface area contributed by atoms with Gasteiger partial charge in [0.25, 0.3) is 5.91 Å². The van der Waals surface area contributed by atoms with Gasteiger partial charge in [-0.2, -0.15) is 0 Å². The molecule has 1 fully saturated rings. The number of carbonyl (C=O) groups is 1. The zero-order valence-corrected chi connectivity index (χ0v) is 10.3. The molecule has 2 rings (SSSR count). The molecule has 1 aliphatic rings. The van der Waals surface area contributed by atoms with Crippen LogP contribution in [0.2, 0.25) is 0 Å². The van der Waals surface area contributed by atoms with Gasteiger partial charge in [-0.15, -0.1) is 12.4 Å². The van der Waals surface area contributed by atoms with Gasteiger partial charge in [0.05, 0.1) is 6.26 Å². The molecule has 0 spiro atoms. The Morgan fingerprint density at radius 3 is 2.94 bits per heavy atom. The fourth-order valence-electron chi connectivity index (χ4n) is 1.85. The molecule has 1 aromatic heterocycles. The molecule has 5 heteroatoms. The van der Waals surface area contributed by atoms with Crippen molar-refractivity contribution in [2.75, 3.05) is 19.6 Å². The molecule has 1 aromatic rings. The summed E-state index contributed by atoms with van der Waals surface area (Å²) < 4.78 is 5.20. The first-order valence-electron chi connectivity index (χ1n) is 5.25. The van der Waals surface area contributed by atoms with Crippen LogP contribution >= 0.6 is 12.4 Å². The number of rotatable bonds is 1. The van der Waals surface area contributed by atoms with Crippen molar-refractivity contribution in [2.45, 2.75) is 19.9 Å². The van der Waals surface area contributed by atoms with E-state index in [-0.39, 0.29) is 18.3 Å². The monoisotopic (exact) mass is 244 g/mol. The van der Waals surface area contributed by atoms with Gasteiger partial charge in [0.1, 0.15) is 0 Å². The van der Waals surface area contributed by atoms with E-state index in [1.54, 1.807) is 6.26 Å². The van der Waals surface area contributed by atoms with Gasteiger partial charge in [-0.1, -0.05) is 0 Å². The van der Waals surface area contributed by atoms with E-state index in [1.165, 1.54) is 0 Å². The number of hydrogen-bond donors (Lipinski definition) is 1. The molecule has 0 saturated carbocycles. The number of halogens is 1. The highest BCUT2D eigenvalue weighted by Gasteiger charge is 2.24. The van der Waals surface area contributed by atoms with Crippen LogP contribution in [0.3, 0.4) is 0 Å². The van der Waals surface area contributed by atoms with Crippen LogP contribution in [0.25, 0.3) is 0 Å². The van der Waals surface area contributed by atoms with Crippen LogP contribution < -0.4 is 5.32 Å². The van der Waals surface area contributed by atoms with E-state index in [0.717, 1.165) is 25.2 Å². The molecule has 1 N–H and O–H groups in total. The smallest absolute Gasteiger partial charge is 0.289 e. The van der Waals surface area contributed by atoms with E-state index in [0.29, 0.717) is 11.8 Å². The first kappa shape index (κ1) is 13.1. The maximum Gasteiger partial charge on any atom is 0.289 e. The lowest BCUT2D eigenvalue weighted by atomic mass is 10.2. The van der Waals surface area contributed by atoms with Crippen molar-refractivity contribution < 1.29 is 9.21 Å². The van der Waals surface area contributed by atoms with Gasteiger partial charge in [-0.3, -0.25) is 4.79 Å². The van der Waals surface area contributed by atoms with E-state index in [1.807, 2.05) is 17.9 Å². The highest BCUT2D eigenvalue weighted by molar-refractivity contribution is 5.92. The first-order valence-corrected chi connectivity index (χ1v) is 5.25. The molecule has 16 heavy (non-hydrogen) atoms. The summed E-state index contributed by atoms with van der Waals surface area (Å²) in [6.07, 6.45) is 1.56. The molecule has 0 radical (unpaired) electrons. The SMILES string of the molecule is Cc1ccoc1C(=O)N1CCN[C@H](C)C1.Cl. The minimum absolute atomic E-state index is 0. The lowest BCUT2D eigenvalue weighted by Crippen LogP contribution is -2.51. The summed E-state index contributed by atoms with van der Waals surface area (Å²) in [4.78, 5) is 13.9. The summed E-state index contributed by atoms with van der Waals surface area (Å²) in [5.41, 5.74) is 0.909. The maximum absolute atomic E-state index is 12.0. The summed E-state index contributed by atoms with van der Waals surface area (Å²) in [6, 6.07) is 2.18. The Kier molecular flexibility index (Phi) is 4.38. The number of aryl methyl sites for hydroxylation is 1. The molecule has 0 aliphatic carbocycles. The summed E-state index contributed by atoms with van der Waals surface area (Å²) in [6.45, 7) is 6.33. The fourth-order valence-corrected chi connectivity index (χ4v) is 1.85. The molecule has 2 heterocycles. The predicted octanol–water partition coefficient (Wildman–Crippen LogP) is 1.44. The van der Waals surface area contributed by atoms with Crippen molar-refractivity contribution in [1.82, 2.24) is 10.2 Å². The fraction of sp³-hybridized carbons (Fsp3) is 0.545. The molecule has 0 bridgehead atoms. The third kappa shape index (κ3) is 2.57. The summed E-state index contributed by atoms with van der Waals surface area (Å²) in [7, 11) is 0. The maximum atomic E-state index is 12.0. The van der Waals surface area contributed by atoms with Crippen molar-refractivity contribution in [3.63, 3.8) is 0 Å². The normalized spacial score (nSPS) is 20.4. The van der Waals surface area contributed by atoms with E-state index < -0.39 is 0 Å². The van der Waals surface area contributed by atoms with Gasteiger partial charge in [-0.25, -0.2) is 0 Å². The second-order valence-corrected chi connectivity index (χ2v) is 4.04. The topological polar surface area (TPSA) is 45.5 Å². The Bertz CT molecular complexity index is 365. The standard InChI is InChI=1S/C11H16N2O2.ClH/c1-8-3-6-15-10(8)11(14)13-5-4-12-9(2)7-13;/h3,6,9,12H,4-5,7H2,1-2H3;1H/t9-;/m1./s1. The second-order valence-electron chi connectivity index (χ2n) is 4.04. The molecular weight excluding hydrogens is 228 g/mol. The van der Waals surface area contributed by atoms with Gasteiger partial charge in [-0.05, 0) is 19.9 Å². The van der Waals surface area contributed by atoms with Crippen molar-refractivity contribution in [3.8, 4) is 0 Å². The number of hydrogen-bond acceptors (Lipinski definition) is 3. The lowest BCUT2D eigenvalue weighted by Gasteiger charge is -2.31. The Labute approximate surface area is 101 Å². The van der Waals surface area contributed by atoms with Crippen LogP contribution in [0.1, 0.15) is 23.0 Å². The molecule has 0 aromatic carbocycles.